The van der Waals surface area contributed by atoms with E-state index in [0.29, 0.717) is 0 Å². The molecule has 3 nitrogen and oxygen atoms in total. The molecule has 0 fully saturated rings. The molecule has 0 saturated carbocycles. The van der Waals surface area contributed by atoms with Crippen molar-refractivity contribution in [2.75, 3.05) is 13.7 Å². The molecule has 0 aliphatic heterocycles. The molecule has 0 amide bonds. The van der Waals surface area contributed by atoms with Gasteiger partial charge in [-0.05, 0) is 50.1 Å². The van der Waals surface area contributed by atoms with E-state index in [-0.39, 0.29) is 6.04 Å². The lowest BCUT2D eigenvalue weighted by molar-refractivity contribution is 0.411. The van der Waals surface area contributed by atoms with Crippen molar-refractivity contribution in [1.29, 1.82) is 0 Å². The third-order valence-electron chi connectivity index (χ3n) is 3.55. The fourth-order valence-corrected chi connectivity index (χ4v) is 3.37. The van der Waals surface area contributed by atoms with Gasteiger partial charge in [0.05, 0.1) is 24.4 Å². The Morgan fingerprint density at radius 3 is 2.55 bits per heavy atom. The van der Waals surface area contributed by atoms with Gasteiger partial charge in [-0.15, -0.1) is 11.3 Å². The number of nitrogens with zero attached hydrogens (tertiary/aromatic N) is 1. The number of hydrogen-bond acceptors (Lipinski definition) is 4. The first-order valence-electron chi connectivity index (χ1n) is 6.87. The summed E-state index contributed by atoms with van der Waals surface area (Å²) in [6.07, 6.45) is 0. The lowest BCUT2D eigenvalue weighted by Gasteiger charge is -2.21. The third-order valence-corrected chi connectivity index (χ3v) is 4.54. The van der Waals surface area contributed by atoms with Crippen LogP contribution in [0.2, 0.25) is 0 Å². The Bertz CT molecular complexity index is 592. The summed E-state index contributed by atoms with van der Waals surface area (Å²) in [4.78, 5) is 5.68. The lowest BCUT2D eigenvalue weighted by atomic mass is 9.96. The molecule has 1 N–H and O–H groups in total. The van der Waals surface area contributed by atoms with E-state index in [9.17, 15) is 0 Å². The van der Waals surface area contributed by atoms with Crippen molar-refractivity contribution in [3.05, 3.63) is 44.9 Å². The van der Waals surface area contributed by atoms with Gasteiger partial charge < -0.3 is 10.1 Å². The van der Waals surface area contributed by atoms with Gasteiger partial charge in [-0.1, -0.05) is 13.0 Å². The number of hydrogen-bond donors (Lipinski definition) is 1. The van der Waals surface area contributed by atoms with E-state index >= 15 is 0 Å². The average Bonchev–Trinajstić information content (AvgIpc) is 2.84. The van der Waals surface area contributed by atoms with Crippen molar-refractivity contribution >= 4 is 11.3 Å². The third kappa shape index (κ3) is 2.86. The van der Waals surface area contributed by atoms with Crippen LogP contribution >= 0.6 is 11.3 Å². The van der Waals surface area contributed by atoms with Crippen LogP contribution in [0.4, 0.5) is 0 Å². The summed E-state index contributed by atoms with van der Waals surface area (Å²) in [5.41, 5.74) is 6.73. The number of methoxy groups -OCH3 is 1. The van der Waals surface area contributed by atoms with E-state index in [1.807, 2.05) is 5.51 Å². The van der Waals surface area contributed by atoms with Gasteiger partial charge in [-0.25, -0.2) is 4.98 Å². The summed E-state index contributed by atoms with van der Waals surface area (Å²) in [5.74, 6) is 0.947. The quantitative estimate of drug-likeness (QED) is 0.910. The Hall–Kier alpha value is -1.39. The maximum Gasteiger partial charge on any atom is 0.122 e. The minimum atomic E-state index is 0.206. The normalized spacial score (nSPS) is 12.4. The molecule has 0 radical (unpaired) electrons. The van der Waals surface area contributed by atoms with Gasteiger partial charge in [0.2, 0.25) is 0 Å². The van der Waals surface area contributed by atoms with Crippen LogP contribution in [0.3, 0.4) is 0 Å². The first-order valence-corrected chi connectivity index (χ1v) is 7.75. The van der Waals surface area contributed by atoms with Crippen LogP contribution in [0, 0.1) is 20.8 Å². The van der Waals surface area contributed by atoms with Gasteiger partial charge in [0, 0.05) is 4.88 Å². The van der Waals surface area contributed by atoms with Gasteiger partial charge in [0.1, 0.15) is 5.75 Å². The molecule has 0 aliphatic rings. The molecule has 0 spiro atoms. The Morgan fingerprint density at radius 1 is 1.25 bits per heavy atom. The van der Waals surface area contributed by atoms with Crippen LogP contribution in [0.5, 0.6) is 5.75 Å². The van der Waals surface area contributed by atoms with Gasteiger partial charge in [0.15, 0.2) is 0 Å². The van der Waals surface area contributed by atoms with E-state index < -0.39 is 0 Å². The largest absolute Gasteiger partial charge is 0.496 e. The highest BCUT2D eigenvalue weighted by molar-refractivity contribution is 7.09. The predicted octanol–water partition coefficient (Wildman–Crippen LogP) is 3.78. The van der Waals surface area contributed by atoms with Crippen molar-refractivity contribution in [3.8, 4) is 5.75 Å². The van der Waals surface area contributed by atoms with Gasteiger partial charge in [-0.2, -0.15) is 0 Å². The summed E-state index contributed by atoms with van der Waals surface area (Å²) in [6.45, 7) is 9.35. The number of rotatable bonds is 5. The molecular formula is C16H22N2OS. The summed E-state index contributed by atoms with van der Waals surface area (Å²) in [5, 5.41) is 3.58. The van der Waals surface area contributed by atoms with Crippen molar-refractivity contribution in [1.82, 2.24) is 10.3 Å². The molecule has 1 heterocycles. The number of nitrogens with one attached hydrogen (secondary N) is 1. The van der Waals surface area contributed by atoms with Gasteiger partial charge in [-0.3, -0.25) is 0 Å². The van der Waals surface area contributed by atoms with Gasteiger partial charge >= 0.3 is 0 Å². The molecule has 1 unspecified atom stereocenters. The average molecular weight is 290 g/mol. The minimum Gasteiger partial charge on any atom is -0.496 e. The van der Waals surface area contributed by atoms with E-state index in [0.717, 1.165) is 23.6 Å². The number of aryl methyl sites for hydroxylation is 3. The maximum atomic E-state index is 5.40. The molecule has 0 saturated heterocycles. The first kappa shape index (κ1) is 15.0. The highest BCUT2D eigenvalue weighted by Gasteiger charge is 2.20. The second kappa shape index (κ2) is 6.37. The summed E-state index contributed by atoms with van der Waals surface area (Å²) >= 11 is 1.71. The molecule has 2 rings (SSSR count). The van der Waals surface area contributed by atoms with Crippen LogP contribution in [-0.4, -0.2) is 18.6 Å². The molecule has 1 aromatic carbocycles. The second-order valence-corrected chi connectivity index (χ2v) is 5.86. The van der Waals surface area contributed by atoms with E-state index in [4.69, 9.17) is 4.74 Å². The Kier molecular flexibility index (Phi) is 4.78. The van der Waals surface area contributed by atoms with Crippen molar-refractivity contribution in [2.24, 2.45) is 0 Å². The molecular weight excluding hydrogens is 268 g/mol. The van der Waals surface area contributed by atoms with Crippen LogP contribution in [0.1, 0.15) is 40.2 Å². The molecule has 108 valence electrons. The monoisotopic (exact) mass is 290 g/mol. The maximum absolute atomic E-state index is 5.40. The highest BCUT2D eigenvalue weighted by atomic mass is 32.1. The topological polar surface area (TPSA) is 34.1 Å². The zero-order valence-corrected chi connectivity index (χ0v) is 13.6. The molecule has 0 aliphatic carbocycles. The zero-order valence-electron chi connectivity index (χ0n) is 12.8. The lowest BCUT2D eigenvalue weighted by Crippen LogP contribution is -2.22. The number of thiazole rings is 1. The molecule has 4 heteroatoms. The summed E-state index contributed by atoms with van der Waals surface area (Å²) in [6, 6.07) is 4.54. The van der Waals surface area contributed by atoms with Crippen molar-refractivity contribution in [2.45, 2.75) is 33.7 Å². The van der Waals surface area contributed by atoms with E-state index in [1.54, 1.807) is 18.4 Å². The minimum absolute atomic E-state index is 0.206. The standard InChI is InChI=1S/C16H22N2OS/c1-6-17-15(16-12(4)18-9-20-16)13-7-11(3)14(19-5)8-10(13)2/h7-9,15,17H,6H2,1-5H3. The Morgan fingerprint density at radius 2 is 2.00 bits per heavy atom. The van der Waals surface area contributed by atoms with Crippen LogP contribution in [0.25, 0.3) is 0 Å². The smallest absolute Gasteiger partial charge is 0.122 e. The molecule has 20 heavy (non-hydrogen) atoms. The molecule has 0 bridgehead atoms. The van der Waals surface area contributed by atoms with E-state index in [2.05, 4.69) is 50.1 Å². The molecule has 1 atom stereocenters. The van der Waals surface area contributed by atoms with Crippen LogP contribution < -0.4 is 10.1 Å². The highest BCUT2D eigenvalue weighted by Crippen LogP contribution is 2.33. The SMILES string of the molecule is CCNC(c1cc(C)c(OC)cc1C)c1scnc1C. The van der Waals surface area contributed by atoms with Crippen molar-refractivity contribution < 1.29 is 4.74 Å². The molecule has 2 aromatic rings. The Labute approximate surface area is 125 Å². The van der Waals surface area contributed by atoms with Gasteiger partial charge in [0.25, 0.3) is 0 Å². The number of aromatic nitrogens is 1. The zero-order chi connectivity index (χ0) is 14.7. The fourth-order valence-electron chi connectivity index (χ4n) is 2.48. The van der Waals surface area contributed by atoms with Crippen LogP contribution in [-0.2, 0) is 0 Å². The van der Waals surface area contributed by atoms with Crippen LogP contribution in [0.15, 0.2) is 17.6 Å². The fraction of sp³-hybridized carbons (Fsp3) is 0.438. The Balaban J connectivity index is 2.50. The summed E-state index contributed by atoms with van der Waals surface area (Å²) < 4.78 is 5.40. The molecule has 1 aromatic heterocycles. The first-order chi connectivity index (χ1) is 9.58. The van der Waals surface area contributed by atoms with Crippen molar-refractivity contribution in [3.63, 3.8) is 0 Å². The second-order valence-electron chi connectivity index (χ2n) is 4.97. The predicted molar refractivity (Wildman–Crippen MR) is 84.8 cm³/mol. The van der Waals surface area contributed by atoms with E-state index in [1.165, 1.54) is 16.0 Å². The summed E-state index contributed by atoms with van der Waals surface area (Å²) in [7, 11) is 1.72. The number of benzene rings is 1. The number of ether oxygens (including phenoxy) is 1.